The van der Waals surface area contributed by atoms with Gasteiger partial charge < -0.3 is 34.4 Å². The van der Waals surface area contributed by atoms with E-state index in [1.54, 1.807) is 6.20 Å². The molecule has 0 radical (unpaired) electrons. The molecule has 9 heterocycles. The van der Waals surface area contributed by atoms with Crippen LogP contribution in [-0.4, -0.2) is 134 Å². The second-order valence-corrected chi connectivity index (χ2v) is 22.4. The number of nitrogens with zero attached hydrogens (tertiary/aromatic N) is 9. The van der Waals surface area contributed by atoms with Crippen molar-refractivity contribution < 1.29 is 24.0 Å². The smallest absolute Gasteiger partial charge is 0.238 e. The predicted molar refractivity (Wildman–Crippen MR) is 271 cm³/mol. The van der Waals surface area contributed by atoms with Gasteiger partial charge in [-0.25, -0.2) is 15.0 Å². The minimum absolute atomic E-state index is 0.107. The number of pyridine rings is 2. The van der Waals surface area contributed by atoms with E-state index in [4.69, 9.17) is 9.97 Å². The number of anilines is 3. The largest absolute Gasteiger partial charge is 0.366 e. The molecule has 5 amide bonds. The van der Waals surface area contributed by atoms with Crippen molar-refractivity contribution in [2.45, 2.75) is 146 Å². The van der Waals surface area contributed by atoms with Crippen LogP contribution in [-0.2, 0) is 29.4 Å². The molecular weight excluding hydrogens is 895 g/mol. The van der Waals surface area contributed by atoms with Crippen LogP contribution in [0.4, 0.5) is 17.3 Å². The van der Waals surface area contributed by atoms with Crippen LogP contribution in [0.2, 0.25) is 0 Å². The van der Waals surface area contributed by atoms with E-state index in [0.29, 0.717) is 89.9 Å². The number of hydrogen-bond donors (Lipinski definition) is 2. The average molecular weight is 964 g/mol. The quantitative estimate of drug-likeness (QED) is 0.166. The molecule has 0 bridgehead atoms. The lowest BCUT2D eigenvalue weighted by Crippen LogP contribution is -2.58. The molecule has 71 heavy (non-hydrogen) atoms. The maximum absolute atomic E-state index is 15.3. The first-order valence-electron chi connectivity index (χ1n) is 27.0. The minimum atomic E-state index is -0.693. The fourth-order valence-corrected chi connectivity index (χ4v) is 13.2. The van der Waals surface area contributed by atoms with Crippen molar-refractivity contribution >= 4 is 57.9 Å². The number of rotatable bonds is 10. The Balaban J connectivity index is 0.719. The number of hydrogen-bond acceptors (Lipinski definition) is 11. The number of carbonyl (C=O) groups excluding carboxylic acids is 5. The summed E-state index contributed by atoms with van der Waals surface area (Å²) >= 11 is 0. The van der Waals surface area contributed by atoms with Crippen molar-refractivity contribution in [3.05, 3.63) is 60.0 Å². The summed E-state index contributed by atoms with van der Waals surface area (Å²) in [7, 11) is 0. The maximum Gasteiger partial charge on any atom is 0.238 e. The third-order valence-corrected chi connectivity index (χ3v) is 17.7. The van der Waals surface area contributed by atoms with Gasteiger partial charge in [-0.2, -0.15) is 0 Å². The van der Waals surface area contributed by atoms with Crippen LogP contribution in [0.3, 0.4) is 0 Å². The van der Waals surface area contributed by atoms with Gasteiger partial charge in [0.25, 0.3) is 0 Å². The van der Waals surface area contributed by atoms with Gasteiger partial charge in [0.1, 0.15) is 11.3 Å². The van der Waals surface area contributed by atoms with Crippen LogP contribution in [0.15, 0.2) is 48.9 Å². The first kappa shape index (κ1) is 46.2. The molecule has 4 aromatic rings. The highest BCUT2D eigenvalue weighted by molar-refractivity contribution is 6.09. The topological polar surface area (TPSA) is 169 Å². The highest BCUT2D eigenvalue weighted by Gasteiger charge is 2.56. The molecule has 2 atom stereocenters. The van der Waals surface area contributed by atoms with Crippen molar-refractivity contribution in [3.63, 3.8) is 0 Å². The second kappa shape index (κ2) is 18.6. The summed E-state index contributed by atoms with van der Waals surface area (Å²) in [6.45, 7) is 10.2. The highest BCUT2D eigenvalue weighted by Crippen LogP contribution is 2.52. The molecule has 16 nitrogen and oxygen atoms in total. The molecule has 5 saturated heterocycles. The summed E-state index contributed by atoms with van der Waals surface area (Å²) in [5.41, 5.74) is 5.98. The Labute approximate surface area is 416 Å². The van der Waals surface area contributed by atoms with E-state index in [2.05, 4.69) is 73.0 Å². The zero-order valence-electron chi connectivity index (χ0n) is 41.5. The first-order chi connectivity index (χ1) is 34.5. The number of imide groups is 1. The lowest BCUT2D eigenvalue weighted by molar-refractivity contribution is -0.145. The molecule has 1 unspecified atom stereocenters. The van der Waals surface area contributed by atoms with Crippen LogP contribution < -0.4 is 20.4 Å². The summed E-state index contributed by atoms with van der Waals surface area (Å²) in [4.78, 5) is 93.5. The van der Waals surface area contributed by atoms with Crippen LogP contribution in [0.5, 0.6) is 0 Å². The number of fused-ring (bicyclic) bond motifs is 3. The highest BCUT2D eigenvalue weighted by atomic mass is 16.2. The van der Waals surface area contributed by atoms with E-state index in [1.807, 2.05) is 28.3 Å². The average Bonchev–Trinajstić information content (AvgIpc) is 4.05. The Hall–Kier alpha value is -5.90. The van der Waals surface area contributed by atoms with Crippen molar-refractivity contribution in [1.82, 2.24) is 39.5 Å². The molecule has 1 spiro atoms. The number of nitrogens with one attached hydrogen (secondary N) is 2. The van der Waals surface area contributed by atoms with Gasteiger partial charge in [-0.3, -0.25) is 29.3 Å². The van der Waals surface area contributed by atoms with E-state index >= 15 is 4.79 Å². The van der Waals surface area contributed by atoms with E-state index in [-0.39, 0.29) is 59.4 Å². The van der Waals surface area contributed by atoms with E-state index in [9.17, 15) is 19.2 Å². The van der Waals surface area contributed by atoms with E-state index < -0.39 is 5.41 Å². The molecule has 1 aromatic carbocycles. The van der Waals surface area contributed by atoms with Gasteiger partial charge >= 0.3 is 0 Å². The van der Waals surface area contributed by atoms with Crippen LogP contribution in [0.1, 0.15) is 133 Å². The lowest BCUT2D eigenvalue weighted by Gasteiger charge is -2.48. The van der Waals surface area contributed by atoms with E-state index in [0.717, 1.165) is 102 Å². The molecular formula is C55H69N11O5. The molecule has 3 aromatic heterocycles. The summed E-state index contributed by atoms with van der Waals surface area (Å²) in [5.74, 6) is 0.897. The van der Waals surface area contributed by atoms with Gasteiger partial charge in [0, 0.05) is 93.2 Å². The molecule has 2 saturated carbocycles. The normalized spacial score (nSPS) is 26.3. The maximum atomic E-state index is 15.3. The third kappa shape index (κ3) is 8.54. The fourth-order valence-electron chi connectivity index (χ4n) is 13.2. The molecule has 2 aliphatic carbocycles. The number of carbonyl (C=O) groups is 5. The van der Waals surface area contributed by atoms with Gasteiger partial charge in [0.15, 0.2) is 5.82 Å². The lowest BCUT2D eigenvalue weighted by atomic mass is 9.73. The van der Waals surface area contributed by atoms with Crippen molar-refractivity contribution in [3.8, 4) is 11.3 Å². The van der Waals surface area contributed by atoms with Gasteiger partial charge in [-0.05, 0) is 140 Å². The Kier molecular flexibility index (Phi) is 12.1. The summed E-state index contributed by atoms with van der Waals surface area (Å²) in [5, 5.41) is 6.13. The molecule has 2 N–H and O–H groups in total. The number of benzene rings is 1. The predicted octanol–water partition coefficient (Wildman–Crippen LogP) is 6.55. The SMILES string of the molecule is CC(C)n1cnc2cc(-c3ccc4c(c3)N(C3CC(N5CCCCC5)C3)C(=O)C43CCN(C(=O)[C@@H]4CCCN(C(=O)C5CCN(c6ccc(C7CCC(=O)NC7=O)cn6)CC5)C4)CC3)nc(NC3CC3)c21. The summed E-state index contributed by atoms with van der Waals surface area (Å²) in [6.07, 6.45) is 16.7. The molecule has 8 aliphatic rings. The summed E-state index contributed by atoms with van der Waals surface area (Å²) in [6, 6.07) is 13.8. The molecule has 7 fully saturated rings. The Morgan fingerprint density at radius 3 is 2.27 bits per heavy atom. The molecule has 12 rings (SSSR count). The van der Waals surface area contributed by atoms with Gasteiger partial charge in [-0.1, -0.05) is 24.6 Å². The molecule has 16 heteroatoms. The molecule has 6 aliphatic heterocycles. The van der Waals surface area contributed by atoms with Crippen LogP contribution in [0.25, 0.3) is 22.3 Å². The zero-order chi connectivity index (χ0) is 48.5. The summed E-state index contributed by atoms with van der Waals surface area (Å²) < 4.78 is 2.20. The number of piperidine rings is 5. The van der Waals surface area contributed by atoms with Crippen molar-refractivity contribution in [2.75, 3.05) is 67.5 Å². The fraction of sp³-hybridized carbons (Fsp3) is 0.600. The van der Waals surface area contributed by atoms with E-state index in [1.165, 1.54) is 19.3 Å². The van der Waals surface area contributed by atoms with Gasteiger partial charge in [0.05, 0.1) is 34.8 Å². The van der Waals surface area contributed by atoms with Crippen LogP contribution >= 0.6 is 0 Å². The number of aromatic nitrogens is 4. The van der Waals surface area contributed by atoms with Gasteiger partial charge in [0.2, 0.25) is 29.5 Å². The first-order valence-corrected chi connectivity index (χ1v) is 27.0. The minimum Gasteiger partial charge on any atom is -0.366 e. The second-order valence-electron chi connectivity index (χ2n) is 22.4. The Bertz CT molecular complexity index is 2720. The number of likely N-dealkylation sites (tertiary alicyclic amines) is 3. The van der Waals surface area contributed by atoms with Gasteiger partial charge in [-0.15, -0.1) is 0 Å². The number of imidazole rings is 1. The molecule has 374 valence electrons. The zero-order valence-corrected chi connectivity index (χ0v) is 41.5. The third-order valence-electron chi connectivity index (χ3n) is 17.7. The number of amides is 5. The Morgan fingerprint density at radius 2 is 1.55 bits per heavy atom. The monoisotopic (exact) mass is 964 g/mol. The van der Waals surface area contributed by atoms with Crippen molar-refractivity contribution in [2.24, 2.45) is 11.8 Å². The standard InChI is InChI=1S/C55H69N11O5/c1-34(2)65-33-57-45-30-44(59-50(49(45)65)58-39-10-11-39)36-8-13-43-46(27-36)66(41-28-40(29-41)61-20-4-3-5-21-61)54(71)55(43)18-25-63(26-19-55)53(70)38-7-6-22-64(32-38)52(69)35-16-23-62(24-17-35)47-14-9-37(31-56-47)42-12-15-48(67)60-51(42)68/h8-9,13-14,27,30-31,33-35,38-42H,3-7,10-12,15-26,28-29,32H2,1-2H3,(H,58,59)(H,60,67,68)/t38-,40?,41?,42?/m1/s1. The van der Waals surface area contributed by atoms with Crippen molar-refractivity contribution in [1.29, 1.82) is 0 Å². The van der Waals surface area contributed by atoms with Crippen LogP contribution in [0, 0.1) is 11.8 Å². The Morgan fingerprint density at radius 1 is 0.775 bits per heavy atom.